The number of aromatic nitrogens is 1. The van der Waals surface area contributed by atoms with Crippen LogP contribution in [0.5, 0.6) is 5.75 Å². The van der Waals surface area contributed by atoms with Crippen LogP contribution in [-0.4, -0.2) is 17.2 Å². The van der Waals surface area contributed by atoms with Crippen molar-refractivity contribution in [3.8, 4) is 17.0 Å². The predicted octanol–water partition coefficient (Wildman–Crippen LogP) is 3.27. The summed E-state index contributed by atoms with van der Waals surface area (Å²) in [5, 5.41) is 12.2. The van der Waals surface area contributed by atoms with Crippen molar-refractivity contribution in [2.45, 2.75) is 13.5 Å². The number of aliphatic hydroxyl groups is 1. The molecule has 0 aliphatic rings. The number of benzene rings is 1. The highest BCUT2D eigenvalue weighted by molar-refractivity contribution is 7.09. The molecule has 17 heavy (non-hydrogen) atoms. The van der Waals surface area contributed by atoms with Gasteiger partial charge in [-0.25, -0.2) is 4.98 Å². The summed E-state index contributed by atoms with van der Waals surface area (Å²) in [7, 11) is 1.59. The zero-order chi connectivity index (χ0) is 12.4. The van der Waals surface area contributed by atoms with Gasteiger partial charge in [-0.15, -0.1) is 11.3 Å². The topological polar surface area (TPSA) is 42.4 Å². The Morgan fingerprint density at radius 2 is 2.24 bits per heavy atom. The molecule has 1 aromatic carbocycles. The van der Waals surface area contributed by atoms with Crippen LogP contribution in [0.1, 0.15) is 10.6 Å². The number of aryl methyl sites for hydroxylation is 1. The van der Waals surface area contributed by atoms with Crippen molar-refractivity contribution >= 4 is 22.9 Å². The lowest BCUT2D eigenvalue weighted by atomic mass is 10.1. The van der Waals surface area contributed by atoms with Gasteiger partial charge >= 0.3 is 0 Å². The molecule has 1 aromatic heterocycles. The van der Waals surface area contributed by atoms with Crippen LogP contribution in [0.15, 0.2) is 17.5 Å². The van der Waals surface area contributed by atoms with Crippen molar-refractivity contribution in [1.29, 1.82) is 0 Å². The van der Waals surface area contributed by atoms with Crippen molar-refractivity contribution in [3.63, 3.8) is 0 Å². The van der Waals surface area contributed by atoms with Crippen LogP contribution in [0.2, 0.25) is 5.02 Å². The minimum atomic E-state index is -0.0341. The van der Waals surface area contributed by atoms with E-state index in [-0.39, 0.29) is 6.61 Å². The summed E-state index contributed by atoms with van der Waals surface area (Å²) in [6, 6.07) is 3.72. The van der Waals surface area contributed by atoms with Gasteiger partial charge in [0.1, 0.15) is 10.8 Å². The van der Waals surface area contributed by atoms with Gasteiger partial charge in [0.15, 0.2) is 0 Å². The molecule has 0 bridgehead atoms. The van der Waals surface area contributed by atoms with Crippen LogP contribution in [0.4, 0.5) is 0 Å². The highest BCUT2D eigenvalue weighted by Crippen LogP contribution is 2.33. The van der Waals surface area contributed by atoms with Crippen LogP contribution >= 0.6 is 22.9 Å². The van der Waals surface area contributed by atoms with E-state index in [1.165, 1.54) is 11.3 Å². The number of ether oxygens (including phenoxy) is 1. The Balaban J connectivity index is 2.48. The lowest BCUT2D eigenvalue weighted by Gasteiger charge is -2.08. The van der Waals surface area contributed by atoms with E-state index in [0.717, 1.165) is 16.8 Å². The van der Waals surface area contributed by atoms with E-state index in [0.29, 0.717) is 15.8 Å². The maximum absolute atomic E-state index is 9.01. The molecule has 1 N–H and O–H groups in total. The van der Waals surface area contributed by atoms with E-state index in [1.54, 1.807) is 7.11 Å². The van der Waals surface area contributed by atoms with Crippen LogP contribution in [0.25, 0.3) is 11.3 Å². The van der Waals surface area contributed by atoms with Crippen molar-refractivity contribution < 1.29 is 9.84 Å². The van der Waals surface area contributed by atoms with E-state index in [1.807, 2.05) is 24.4 Å². The van der Waals surface area contributed by atoms with Crippen molar-refractivity contribution in [1.82, 2.24) is 4.98 Å². The normalized spacial score (nSPS) is 10.6. The maximum atomic E-state index is 9.01. The Hall–Kier alpha value is -1.10. The molecule has 0 saturated carbocycles. The first-order chi connectivity index (χ1) is 8.15. The highest BCUT2D eigenvalue weighted by atomic mass is 35.5. The van der Waals surface area contributed by atoms with Gasteiger partial charge in [0.05, 0.1) is 24.4 Å². The molecule has 0 aliphatic carbocycles. The van der Waals surface area contributed by atoms with Gasteiger partial charge in [-0.05, 0) is 24.6 Å². The minimum absolute atomic E-state index is 0.0341. The maximum Gasteiger partial charge on any atom is 0.137 e. The van der Waals surface area contributed by atoms with Crippen LogP contribution < -0.4 is 4.74 Å². The number of nitrogens with zero attached hydrogens (tertiary/aromatic N) is 1. The second-order valence-electron chi connectivity index (χ2n) is 3.59. The Morgan fingerprint density at radius 3 is 2.82 bits per heavy atom. The van der Waals surface area contributed by atoms with Gasteiger partial charge in [-0.1, -0.05) is 11.6 Å². The monoisotopic (exact) mass is 269 g/mol. The number of hydrogen-bond donors (Lipinski definition) is 1. The van der Waals surface area contributed by atoms with Gasteiger partial charge in [0.25, 0.3) is 0 Å². The minimum Gasteiger partial charge on any atom is -0.495 e. The van der Waals surface area contributed by atoms with Gasteiger partial charge in [0, 0.05) is 10.9 Å². The molecule has 0 saturated heterocycles. The third kappa shape index (κ3) is 2.44. The summed E-state index contributed by atoms with van der Waals surface area (Å²) < 4.78 is 5.15. The van der Waals surface area contributed by atoms with E-state index in [9.17, 15) is 0 Å². The molecule has 0 radical (unpaired) electrons. The van der Waals surface area contributed by atoms with Crippen molar-refractivity contribution in [3.05, 3.63) is 33.1 Å². The summed E-state index contributed by atoms with van der Waals surface area (Å²) in [5.41, 5.74) is 2.84. The summed E-state index contributed by atoms with van der Waals surface area (Å²) in [6.45, 7) is 1.94. The second-order valence-corrected chi connectivity index (χ2v) is 4.94. The molecular formula is C12H12ClNO2S. The fraction of sp³-hybridized carbons (Fsp3) is 0.250. The SMILES string of the molecule is COc1cc(C)c(-c2csc(CO)n2)cc1Cl. The molecule has 0 fully saturated rings. The number of aliphatic hydroxyl groups excluding tert-OH is 1. The molecule has 1 heterocycles. The molecule has 0 atom stereocenters. The fourth-order valence-corrected chi connectivity index (χ4v) is 2.49. The molecule has 5 heteroatoms. The van der Waals surface area contributed by atoms with Gasteiger partial charge in [-0.2, -0.15) is 0 Å². The molecule has 0 amide bonds. The van der Waals surface area contributed by atoms with Gasteiger partial charge < -0.3 is 9.84 Å². The first kappa shape index (κ1) is 12.4. The van der Waals surface area contributed by atoms with Crippen molar-refractivity contribution in [2.75, 3.05) is 7.11 Å². The summed E-state index contributed by atoms with van der Waals surface area (Å²) in [6.07, 6.45) is 0. The van der Waals surface area contributed by atoms with E-state index >= 15 is 0 Å². The number of methoxy groups -OCH3 is 1. The van der Waals surface area contributed by atoms with E-state index in [2.05, 4.69) is 4.98 Å². The Bertz CT molecular complexity index is 539. The molecule has 90 valence electrons. The third-order valence-electron chi connectivity index (χ3n) is 2.46. The lowest BCUT2D eigenvalue weighted by molar-refractivity contribution is 0.281. The predicted molar refractivity (Wildman–Crippen MR) is 69.8 cm³/mol. The molecular weight excluding hydrogens is 258 g/mol. The van der Waals surface area contributed by atoms with Gasteiger partial charge in [-0.3, -0.25) is 0 Å². The second kappa shape index (κ2) is 5.04. The summed E-state index contributed by atoms with van der Waals surface area (Å²) >= 11 is 7.53. The summed E-state index contributed by atoms with van der Waals surface area (Å²) in [5.74, 6) is 0.658. The average Bonchev–Trinajstić information content (AvgIpc) is 2.80. The van der Waals surface area contributed by atoms with Crippen LogP contribution in [0.3, 0.4) is 0 Å². The smallest absolute Gasteiger partial charge is 0.137 e. The molecule has 2 aromatic rings. The molecule has 2 rings (SSSR count). The van der Waals surface area contributed by atoms with Gasteiger partial charge in [0.2, 0.25) is 0 Å². The lowest BCUT2D eigenvalue weighted by Crippen LogP contribution is -1.90. The molecule has 0 unspecified atom stereocenters. The van der Waals surface area contributed by atoms with Crippen molar-refractivity contribution in [2.24, 2.45) is 0 Å². The molecule has 3 nitrogen and oxygen atoms in total. The number of halogens is 1. The first-order valence-corrected chi connectivity index (χ1v) is 6.31. The number of thiazole rings is 1. The molecule has 0 spiro atoms. The Kier molecular flexibility index (Phi) is 3.66. The fourth-order valence-electron chi connectivity index (χ4n) is 1.59. The van der Waals surface area contributed by atoms with Crippen LogP contribution in [0, 0.1) is 6.92 Å². The molecule has 0 aliphatic heterocycles. The van der Waals surface area contributed by atoms with E-state index in [4.69, 9.17) is 21.4 Å². The highest BCUT2D eigenvalue weighted by Gasteiger charge is 2.10. The average molecular weight is 270 g/mol. The Morgan fingerprint density at radius 1 is 1.47 bits per heavy atom. The zero-order valence-corrected chi connectivity index (χ0v) is 11.1. The summed E-state index contributed by atoms with van der Waals surface area (Å²) in [4.78, 5) is 4.33. The van der Waals surface area contributed by atoms with E-state index < -0.39 is 0 Å². The largest absolute Gasteiger partial charge is 0.495 e. The Labute approximate surface area is 109 Å². The quantitative estimate of drug-likeness (QED) is 0.930. The first-order valence-electron chi connectivity index (χ1n) is 5.05. The number of hydrogen-bond acceptors (Lipinski definition) is 4. The zero-order valence-electron chi connectivity index (χ0n) is 9.53. The number of rotatable bonds is 3. The van der Waals surface area contributed by atoms with Crippen LogP contribution in [-0.2, 0) is 6.61 Å². The standard InChI is InChI=1S/C12H12ClNO2S/c1-7-3-11(16-2)9(13)4-8(7)10-6-17-12(5-15)14-10/h3-4,6,15H,5H2,1-2H3. The third-order valence-corrected chi connectivity index (χ3v) is 3.59.